The van der Waals surface area contributed by atoms with Crippen LogP contribution < -0.4 is 5.32 Å². The Kier molecular flexibility index (Phi) is 5.35. The van der Waals surface area contributed by atoms with Crippen LogP contribution in [0.1, 0.15) is 57.6 Å². The molecule has 1 aliphatic rings. The maximum Gasteiger partial charge on any atom is 0.433 e. The summed E-state index contributed by atoms with van der Waals surface area (Å²) in [6, 6.07) is 9.67. The number of halogens is 4. The van der Waals surface area contributed by atoms with Gasteiger partial charge in [0.05, 0.1) is 23.6 Å². The average Bonchev–Trinajstić information content (AvgIpc) is 3.49. The largest absolute Gasteiger partial charge is 0.433 e. The molecule has 34 heavy (non-hydrogen) atoms. The molecule has 1 saturated carbocycles. The van der Waals surface area contributed by atoms with Crippen molar-refractivity contribution < 1.29 is 18.0 Å². The number of aromatic nitrogens is 5. The van der Waals surface area contributed by atoms with Gasteiger partial charge < -0.3 is 5.32 Å². The summed E-state index contributed by atoms with van der Waals surface area (Å²) in [7, 11) is 0. The van der Waals surface area contributed by atoms with Crippen LogP contribution in [-0.2, 0) is 12.7 Å². The third-order valence-corrected chi connectivity index (χ3v) is 6.23. The second kappa shape index (κ2) is 8.12. The number of hydrogen-bond donors (Lipinski definition) is 1. The fourth-order valence-electron chi connectivity index (χ4n) is 3.89. The molecule has 11 heteroatoms. The molecular formula is C23H20ClF3N6O. The van der Waals surface area contributed by atoms with Gasteiger partial charge in [0.2, 0.25) is 0 Å². The van der Waals surface area contributed by atoms with E-state index in [1.54, 1.807) is 24.6 Å². The minimum Gasteiger partial charge on any atom is -0.317 e. The van der Waals surface area contributed by atoms with E-state index in [4.69, 9.17) is 11.6 Å². The number of anilines is 1. The molecule has 0 atom stereocenters. The number of carbonyl (C=O) groups is 1. The first-order valence-electron chi connectivity index (χ1n) is 10.7. The molecule has 1 aliphatic carbocycles. The number of rotatable bonds is 5. The lowest BCUT2D eigenvalue weighted by Gasteiger charge is -2.10. The Morgan fingerprint density at radius 1 is 1.18 bits per heavy atom. The van der Waals surface area contributed by atoms with Crippen LogP contribution in [0.4, 0.5) is 18.9 Å². The zero-order valence-electron chi connectivity index (χ0n) is 18.3. The average molecular weight is 489 g/mol. The fourth-order valence-corrected chi connectivity index (χ4v) is 4.09. The summed E-state index contributed by atoms with van der Waals surface area (Å²) in [5.41, 5.74) is 1.83. The summed E-state index contributed by atoms with van der Waals surface area (Å²) in [5, 5.41) is 11.7. The molecule has 3 heterocycles. The number of alkyl halides is 3. The predicted octanol–water partition coefficient (Wildman–Crippen LogP) is 5.39. The van der Waals surface area contributed by atoms with Gasteiger partial charge in [-0.2, -0.15) is 23.4 Å². The third kappa shape index (κ3) is 4.13. The number of fused-ring (bicyclic) bond motifs is 1. The molecule has 176 valence electrons. The van der Waals surface area contributed by atoms with Gasteiger partial charge >= 0.3 is 6.18 Å². The van der Waals surface area contributed by atoms with Crippen LogP contribution in [0.15, 0.2) is 36.4 Å². The molecule has 0 bridgehead atoms. The van der Waals surface area contributed by atoms with Gasteiger partial charge in [-0.25, -0.2) is 9.50 Å². The smallest absolute Gasteiger partial charge is 0.317 e. The summed E-state index contributed by atoms with van der Waals surface area (Å²) in [5.74, 6) is -0.623. The highest BCUT2D eigenvalue weighted by Crippen LogP contribution is 2.41. The van der Waals surface area contributed by atoms with Crippen molar-refractivity contribution in [3.05, 3.63) is 75.5 Å². The standard InChI is InChI=1S/C23H20ClF3N6O/c1-12-21(13(2)32(30-12)11-15-5-3-4-6-16(15)24)29-22(34)18-10-20-28-17(14-7-8-14)9-19(23(25,26)27)33(20)31-18/h3-6,9-10,14H,7-8,11H2,1-2H3,(H,29,34). The molecule has 1 amide bonds. The Labute approximate surface area is 197 Å². The van der Waals surface area contributed by atoms with E-state index in [0.717, 1.165) is 24.5 Å². The Balaban J connectivity index is 1.45. The number of nitrogens with zero attached hydrogens (tertiary/aromatic N) is 5. The summed E-state index contributed by atoms with van der Waals surface area (Å²) < 4.78 is 43.3. The van der Waals surface area contributed by atoms with E-state index in [0.29, 0.717) is 38.9 Å². The second-order valence-electron chi connectivity index (χ2n) is 8.39. The van der Waals surface area contributed by atoms with Crippen molar-refractivity contribution >= 4 is 28.8 Å². The van der Waals surface area contributed by atoms with Crippen molar-refractivity contribution in [2.75, 3.05) is 5.32 Å². The van der Waals surface area contributed by atoms with Crippen molar-refractivity contribution in [3.63, 3.8) is 0 Å². The fraction of sp³-hybridized carbons (Fsp3) is 0.304. The molecule has 4 aromatic rings. The van der Waals surface area contributed by atoms with Crippen LogP contribution in [-0.4, -0.2) is 30.3 Å². The minimum atomic E-state index is -4.63. The molecule has 1 N–H and O–H groups in total. The first kappa shape index (κ1) is 22.4. The zero-order chi connectivity index (χ0) is 24.2. The molecule has 1 aromatic carbocycles. The molecule has 7 nitrogen and oxygen atoms in total. The zero-order valence-corrected chi connectivity index (χ0v) is 19.1. The Morgan fingerprint density at radius 3 is 2.59 bits per heavy atom. The third-order valence-electron chi connectivity index (χ3n) is 5.86. The first-order valence-corrected chi connectivity index (χ1v) is 11.1. The molecule has 0 aliphatic heterocycles. The molecule has 0 unspecified atom stereocenters. The van der Waals surface area contributed by atoms with Crippen molar-refractivity contribution in [2.24, 2.45) is 0 Å². The predicted molar refractivity (Wildman–Crippen MR) is 120 cm³/mol. The van der Waals surface area contributed by atoms with Gasteiger partial charge in [-0.3, -0.25) is 9.48 Å². The van der Waals surface area contributed by atoms with Crippen LogP contribution in [0.25, 0.3) is 5.65 Å². The Bertz CT molecular complexity index is 1420. The van der Waals surface area contributed by atoms with E-state index in [2.05, 4.69) is 20.5 Å². The topological polar surface area (TPSA) is 77.1 Å². The van der Waals surface area contributed by atoms with Crippen LogP contribution in [0, 0.1) is 13.8 Å². The highest BCUT2D eigenvalue weighted by atomic mass is 35.5. The van der Waals surface area contributed by atoms with Gasteiger partial charge in [-0.15, -0.1) is 0 Å². The lowest BCUT2D eigenvalue weighted by Crippen LogP contribution is -2.16. The van der Waals surface area contributed by atoms with Crippen LogP contribution >= 0.6 is 11.6 Å². The van der Waals surface area contributed by atoms with E-state index in [-0.39, 0.29) is 17.3 Å². The molecule has 5 rings (SSSR count). The number of hydrogen-bond acceptors (Lipinski definition) is 4. The summed E-state index contributed by atoms with van der Waals surface area (Å²) in [6.45, 7) is 3.93. The number of carbonyl (C=O) groups excluding carboxylic acids is 1. The minimum absolute atomic E-state index is 0.00951. The summed E-state index contributed by atoms with van der Waals surface area (Å²) >= 11 is 6.25. The van der Waals surface area contributed by atoms with Crippen molar-refractivity contribution in [2.45, 2.75) is 45.3 Å². The lowest BCUT2D eigenvalue weighted by molar-refractivity contribution is -0.142. The SMILES string of the molecule is Cc1nn(Cc2ccccc2Cl)c(C)c1NC(=O)c1cc2nc(C3CC3)cc(C(F)(F)F)n2n1. The normalized spacial score (nSPS) is 14.1. The highest BCUT2D eigenvalue weighted by molar-refractivity contribution is 6.31. The first-order chi connectivity index (χ1) is 16.1. The van der Waals surface area contributed by atoms with Gasteiger partial charge in [0.25, 0.3) is 5.91 Å². The quantitative estimate of drug-likeness (QED) is 0.408. The number of nitrogens with one attached hydrogen (secondary N) is 1. The van der Waals surface area contributed by atoms with Gasteiger partial charge in [0, 0.05) is 22.7 Å². The van der Waals surface area contributed by atoms with Gasteiger partial charge in [-0.1, -0.05) is 29.8 Å². The number of amides is 1. The number of benzene rings is 1. The highest BCUT2D eigenvalue weighted by Gasteiger charge is 2.37. The summed E-state index contributed by atoms with van der Waals surface area (Å²) in [6.07, 6.45) is -3.02. The van der Waals surface area contributed by atoms with E-state index in [1.165, 1.54) is 6.07 Å². The van der Waals surface area contributed by atoms with Gasteiger partial charge in [-0.05, 0) is 44.4 Å². The van der Waals surface area contributed by atoms with Crippen LogP contribution in [0.5, 0.6) is 0 Å². The lowest BCUT2D eigenvalue weighted by atomic mass is 10.2. The molecule has 1 fully saturated rings. The van der Waals surface area contributed by atoms with Crippen molar-refractivity contribution in [1.82, 2.24) is 24.4 Å². The number of aryl methyl sites for hydroxylation is 1. The Morgan fingerprint density at radius 2 is 1.91 bits per heavy atom. The maximum absolute atomic E-state index is 13.6. The molecule has 3 aromatic heterocycles. The van der Waals surface area contributed by atoms with E-state index in [9.17, 15) is 18.0 Å². The van der Waals surface area contributed by atoms with E-state index < -0.39 is 17.8 Å². The van der Waals surface area contributed by atoms with Gasteiger partial charge in [0.15, 0.2) is 11.3 Å². The van der Waals surface area contributed by atoms with Crippen LogP contribution in [0.2, 0.25) is 5.02 Å². The second-order valence-corrected chi connectivity index (χ2v) is 8.79. The monoisotopic (exact) mass is 488 g/mol. The maximum atomic E-state index is 13.6. The van der Waals surface area contributed by atoms with Crippen LogP contribution in [0.3, 0.4) is 0 Å². The Hall–Kier alpha value is -3.40. The summed E-state index contributed by atoms with van der Waals surface area (Å²) in [4.78, 5) is 17.3. The van der Waals surface area contributed by atoms with Crippen molar-refractivity contribution in [3.8, 4) is 0 Å². The molecular weight excluding hydrogens is 469 g/mol. The van der Waals surface area contributed by atoms with E-state index in [1.807, 2.05) is 18.2 Å². The molecule has 0 radical (unpaired) electrons. The van der Waals surface area contributed by atoms with Crippen molar-refractivity contribution in [1.29, 1.82) is 0 Å². The van der Waals surface area contributed by atoms with Gasteiger partial charge in [0.1, 0.15) is 5.69 Å². The molecule has 0 saturated heterocycles. The molecule has 0 spiro atoms. The van der Waals surface area contributed by atoms with E-state index >= 15 is 0 Å².